The third-order valence-electron chi connectivity index (χ3n) is 4.83. The molecule has 1 aromatic carbocycles. The molecule has 0 radical (unpaired) electrons. The van der Waals surface area contributed by atoms with Crippen LogP contribution < -0.4 is 0 Å². The van der Waals surface area contributed by atoms with Gasteiger partial charge in [-0.3, -0.25) is 9.69 Å². The molecule has 0 N–H and O–H groups in total. The van der Waals surface area contributed by atoms with E-state index in [1.807, 2.05) is 49.1 Å². The second kappa shape index (κ2) is 8.20. The zero-order valence-corrected chi connectivity index (χ0v) is 16.9. The van der Waals surface area contributed by atoms with E-state index >= 15 is 0 Å². The van der Waals surface area contributed by atoms with E-state index in [0.717, 1.165) is 47.2 Å². The minimum atomic E-state index is 0.0934. The monoisotopic (exact) mass is 397 g/mol. The molecule has 1 aliphatic rings. The number of carbonyl (C=O) groups excluding carboxylic acids is 1. The lowest BCUT2D eigenvalue weighted by molar-refractivity contribution is 0.0765. The molecule has 1 fully saturated rings. The molecule has 1 saturated heterocycles. The van der Waals surface area contributed by atoms with Crippen molar-refractivity contribution in [3.8, 4) is 11.5 Å². The zero-order valence-electron chi connectivity index (χ0n) is 16.1. The van der Waals surface area contributed by atoms with Crippen LogP contribution in [0.15, 0.2) is 34.9 Å². The Morgan fingerprint density at radius 1 is 1.11 bits per heavy atom. The van der Waals surface area contributed by atoms with Crippen LogP contribution >= 0.6 is 11.3 Å². The van der Waals surface area contributed by atoms with Gasteiger partial charge in [-0.25, -0.2) is 4.98 Å². The van der Waals surface area contributed by atoms with Crippen molar-refractivity contribution < 1.29 is 9.32 Å². The summed E-state index contributed by atoms with van der Waals surface area (Å²) in [7, 11) is 0. The highest BCUT2D eigenvalue weighted by Crippen LogP contribution is 2.21. The van der Waals surface area contributed by atoms with Crippen molar-refractivity contribution in [1.82, 2.24) is 24.9 Å². The van der Waals surface area contributed by atoms with Crippen molar-refractivity contribution in [3.05, 3.63) is 51.7 Å². The van der Waals surface area contributed by atoms with Crippen molar-refractivity contribution in [2.24, 2.45) is 0 Å². The van der Waals surface area contributed by atoms with E-state index in [9.17, 15) is 4.79 Å². The molecule has 28 heavy (non-hydrogen) atoms. The third-order valence-corrected chi connectivity index (χ3v) is 5.89. The van der Waals surface area contributed by atoms with E-state index in [0.29, 0.717) is 24.8 Å². The fourth-order valence-corrected chi connectivity index (χ4v) is 4.31. The SMILES string of the molecule is Cc1nc(C)c(C(=O)N2CCCN(Cc3noc(-c4ccccc4)n3)CC2)s1. The van der Waals surface area contributed by atoms with Crippen molar-refractivity contribution in [2.75, 3.05) is 26.2 Å². The van der Waals surface area contributed by atoms with Crippen molar-refractivity contribution in [3.63, 3.8) is 0 Å². The van der Waals surface area contributed by atoms with Crippen LogP contribution in [0.1, 0.15) is 32.6 Å². The predicted octanol–water partition coefficient (Wildman–Crippen LogP) is 3.16. The molecule has 0 saturated carbocycles. The van der Waals surface area contributed by atoms with Crippen LogP contribution in [0.25, 0.3) is 11.5 Å². The topological polar surface area (TPSA) is 75.4 Å². The van der Waals surface area contributed by atoms with E-state index in [1.165, 1.54) is 11.3 Å². The molecule has 1 amide bonds. The average molecular weight is 398 g/mol. The van der Waals surface area contributed by atoms with Crippen molar-refractivity contribution in [1.29, 1.82) is 0 Å². The van der Waals surface area contributed by atoms with Gasteiger partial charge in [0.05, 0.1) is 17.2 Å². The van der Waals surface area contributed by atoms with Gasteiger partial charge in [0, 0.05) is 31.7 Å². The Kier molecular flexibility index (Phi) is 5.50. The minimum absolute atomic E-state index is 0.0934. The van der Waals surface area contributed by atoms with Gasteiger partial charge in [0.15, 0.2) is 5.82 Å². The zero-order chi connectivity index (χ0) is 19.5. The van der Waals surface area contributed by atoms with Gasteiger partial charge in [-0.2, -0.15) is 4.98 Å². The van der Waals surface area contributed by atoms with Gasteiger partial charge in [-0.05, 0) is 32.4 Å². The average Bonchev–Trinajstić information content (AvgIpc) is 3.21. The van der Waals surface area contributed by atoms with Gasteiger partial charge in [-0.1, -0.05) is 23.4 Å². The number of aryl methyl sites for hydroxylation is 2. The molecule has 146 valence electrons. The Balaban J connectivity index is 1.37. The first kappa shape index (κ1) is 18.8. The quantitative estimate of drug-likeness (QED) is 0.673. The molecule has 4 rings (SSSR count). The van der Waals surface area contributed by atoms with E-state index in [2.05, 4.69) is 20.0 Å². The summed E-state index contributed by atoms with van der Waals surface area (Å²) >= 11 is 1.48. The fourth-order valence-electron chi connectivity index (χ4n) is 3.42. The molecule has 0 spiro atoms. The Bertz CT molecular complexity index is 953. The van der Waals surface area contributed by atoms with Crippen LogP contribution in [0.3, 0.4) is 0 Å². The van der Waals surface area contributed by atoms with Crippen LogP contribution in [0, 0.1) is 13.8 Å². The number of carbonyl (C=O) groups is 1. The maximum atomic E-state index is 12.9. The Morgan fingerprint density at radius 2 is 1.93 bits per heavy atom. The normalized spacial score (nSPS) is 15.6. The summed E-state index contributed by atoms with van der Waals surface area (Å²) < 4.78 is 5.40. The number of benzene rings is 1. The number of hydrogen-bond donors (Lipinski definition) is 0. The molecule has 0 bridgehead atoms. The Labute approximate surface area is 168 Å². The Hall–Kier alpha value is -2.58. The molecular weight excluding hydrogens is 374 g/mol. The molecule has 1 aliphatic heterocycles. The predicted molar refractivity (Wildman–Crippen MR) is 107 cm³/mol. The van der Waals surface area contributed by atoms with E-state index in [-0.39, 0.29) is 5.91 Å². The number of amides is 1. The number of nitrogens with zero attached hydrogens (tertiary/aromatic N) is 5. The largest absolute Gasteiger partial charge is 0.337 e. The van der Waals surface area contributed by atoms with Gasteiger partial charge < -0.3 is 9.42 Å². The molecule has 2 aromatic heterocycles. The van der Waals surface area contributed by atoms with Crippen molar-refractivity contribution >= 4 is 17.2 Å². The molecule has 7 nitrogen and oxygen atoms in total. The molecule has 3 aromatic rings. The second-order valence-corrected chi connectivity index (χ2v) is 8.15. The lowest BCUT2D eigenvalue weighted by Gasteiger charge is -2.20. The van der Waals surface area contributed by atoms with Gasteiger partial charge in [0.25, 0.3) is 11.8 Å². The van der Waals surface area contributed by atoms with E-state index in [4.69, 9.17) is 4.52 Å². The number of aromatic nitrogens is 3. The first-order valence-corrected chi connectivity index (χ1v) is 10.3. The molecule has 3 heterocycles. The number of hydrogen-bond acceptors (Lipinski definition) is 7. The summed E-state index contributed by atoms with van der Waals surface area (Å²) in [5, 5.41) is 5.05. The number of thiazole rings is 1. The van der Waals surface area contributed by atoms with E-state index < -0.39 is 0 Å². The number of rotatable bonds is 4. The molecule has 0 unspecified atom stereocenters. The summed E-state index contributed by atoms with van der Waals surface area (Å²) in [6.07, 6.45) is 0.923. The van der Waals surface area contributed by atoms with Gasteiger partial charge >= 0.3 is 0 Å². The summed E-state index contributed by atoms with van der Waals surface area (Å²) in [6.45, 7) is 7.61. The summed E-state index contributed by atoms with van der Waals surface area (Å²) in [4.78, 5) is 26.7. The molecule has 8 heteroatoms. The molecule has 0 atom stereocenters. The minimum Gasteiger partial charge on any atom is -0.337 e. The molecular formula is C20H23N5O2S. The van der Waals surface area contributed by atoms with Crippen LogP contribution in [-0.4, -0.2) is 57.0 Å². The summed E-state index contributed by atoms with van der Waals surface area (Å²) in [5.41, 5.74) is 1.75. The first-order chi connectivity index (χ1) is 13.6. The molecule has 0 aliphatic carbocycles. The Morgan fingerprint density at radius 3 is 2.68 bits per heavy atom. The third kappa shape index (κ3) is 4.13. The van der Waals surface area contributed by atoms with Crippen LogP contribution in [0.5, 0.6) is 0 Å². The van der Waals surface area contributed by atoms with Crippen LogP contribution in [0.4, 0.5) is 0 Å². The summed E-state index contributed by atoms with van der Waals surface area (Å²) in [6, 6.07) is 9.77. The first-order valence-electron chi connectivity index (χ1n) is 9.44. The highest BCUT2D eigenvalue weighted by molar-refractivity contribution is 7.13. The lowest BCUT2D eigenvalue weighted by Crippen LogP contribution is -2.35. The highest BCUT2D eigenvalue weighted by atomic mass is 32.1. The lowest BCUT2D eigenvalue weighted by atomic mass is 10.2. The fraction of sp³-hybridized carbons (Fsp3) is 0.400. The van der Waals surface area contributed by atoms with Crippen molar-refractivity contribution in [2.45, 2.75) is 26.8 Å². The van der Waals surface area contributed by atoms with E-state index in [1.54, 1.807) is 0 Å². The smallest absolute Gasteiger partial charge is 0.265 e. The van der Waals surface area contributed by atoms with Crippen LogP contribution in [0.2, 0.25) is 0 Å². The highest BCUT2D eigenvalue weighted by Gasteiger charge is 2.24. The standard InChI is InChI=1S/C20H23N5O2S/c1-14-18(28-15(2)21-14)20(26)25-10-6-9-24(11-12-25)13-17-22-19(27-23-17)16-7-4-3-5-8-16/h3-5,7-8H,6,9-13H2,1-2H3. The second-order valence-electron chi connectivity index (χ2n) is 6.95. The van der Waals surface area contributed by atoms with Gasteiger partial charge in [0.1, 0.15) is 4.88 Å². The van der Waals surface area contributed by atoms with Gasteiger partial charge in [-0.15, -0.1) is 11.3 Å². The van der Waals surface area contributed by atoms with Crippen LogP contribution in [-0.2, 0) is 6.54 Å². The maximum Gasteiger partial charge on any atom is 0.265 e. The van der Waals surface area contributed by atoms with Gasteiger partial charge in [0.2, 0.25) is 0 Å². The maximum absolute atomic E-state index is 12.9. The summed E-state index contributed by atoms with van der Waals surface area (Å²) in [5.74, 6) is 1.31.